The number of nitrogens with zero attached hydrogens (tertiary/aromatic N) is 1. The first-order valence-corrected chi connectivity index (χ1v) is 13.9. The Bertz CT molecular complexity index is 1650. The van der Waals surface area contributed by atoms with E-state index in [0.717, 1.165) is 28.3 Å². The van der Waals surface area contributed by atoms with Crippen molar-refractivity contribution >= 4 is 23.1 Å². The topological polar surface area (TPSA) is 77.1 Å². The van der Waals surface area contributed by atoms with Crippen molar-refractivity contribution in [3.05, 3.63) is 126 Å². The highest BCUT2D eigenvalue weighted by molar-refractivity contribution is 6.09. The van der Waals surface area contributed by atoms with Gasteiger partial charge in [0.25, 0.3) is 5.91 Å². The Morgan fingerprint density at radius 3 is 2.19 bits per heavy atom. The van der Waals surface area contributed by atoms with Gasteiger partial charge in [0, 0.05) is 23.6 Å². The Kier molecular flexibility index (Phi) is 7.40. The molecular weight excluding hydrogens is 528 g/mol. The first-order chi connectivity index (χ1) is 20.5. The van der Waals surface area contributed by atoms with Gasteiger partial charge >= 0.3 is 0 Å². The van der Waals surface area contributed by atoms with Crippen LogP contribution in [0.25, 0.3) is 0 Å². The fourth-order valence-electron chi connectivity index (χ4n) is 6.00. The molecule has 1 aliphatic carbocycles. The summed E-state index contributed by atoms with van der Waals surface area (Å²) in [5.41, 5.74) is 4.53. The number of hydrogen-bond donors (Lipinski definition) is 1. The van der Waals surface area contributed by atoms with Crippen LogP contribution < -0.4 is 24.4 Å². The molecule has 7 nitrogen and oxygen atoms in total. The van der Waals surface area contributed by atoms with E-state index in [4.69, 9.17) is 14.2 Å². The lowest BCUT2D eigenvalue weighted by atomic mass is 9.76. The van der Waals surface area contributed by atoms with Crippen LogP contribution in [0.15, 0.2) is 109 Å². The summed E-state index contributed by atoms with van der Waals surface area (Å²) >= 11 is 0. The van der Waals surface area contributed by atoms with Crippen LogP contribution in [-0.2, 0) is 4.79 Å². The Balaban J connectivity index is 1.56. The molecule has 0 fully saturated rings. The molecule has 1 heterocycles. The molecule has 1 aliphatic heterocycles. The lowest BCUT2D eigenvalue weighted by molar-refractivity contribution is -0.123. The number of anilines is 2. The maximum Gasteiger partial charge on any atom is 0.258 e. The van der Waals surface area contributed by atoms with Crippen molar-refractivity contribution in [3.63, 3.8) is 0 Å². The first-order valence-electron chi connectivity index (χ1n) is 13.9. The van der Waals surface area contributed by atoms with Gasteiger partial charge in [-0.05, 0) is 59.7 Å². The molecule has 7 heteroatoms. The second kappa shape index (κ2) is 11.4. The average Bonchev–Trinajstić information content (AvgIpc) is 3.19. The molecular formula is C35H32N2O5. The van der Waals surface area contributed by atoms with Crippen LogP contribution in [0.5, 0.6) is 17.2 Å². The van der Waals surface area contributed by atoms with Crippen LogP contribution in [0.3, 0.4) is 0 Å². The molecule has 2 aliphatic rings. The second-order valence-electron chi connectivity index (χ2n) is 10.4. The zero-order valence-corrected chi connectivity index (χ0v) is 23.7. The van der Waals surface area contributed by atoms with E-state index in [-0.39, 0.29) is 17.6 Å². The van der Waals surface area contributed by atoms with E-state index in [2.05, 4.69) is 11.4 Å². The third-order valence-electron chi connectivity index (χ3n) is 8.05. The van der Waals surface area contributed by atoms with Gasteiger partial charge in [0.2, 0.25) is 0 Å². The van der Waals surface area contributed by atoms with E-state index >= 15 is 0 Å². The van der Waals surface area contributed by atoms with Crippen LogP contribution >= 0.6 is 0 Å². The number of amides is 1. The molecule has 212 valence electrons. The minimum Gasteiger partial charge on any atom is -0.497 e. The summed E-state index contributed by atoms with van der Waals surface area (Å²) in [6, 6.07) is 29.6. The SMILES string of the molecule is COc1ccc(C2C=C3Nc4ccccc4N(C(=O)c4ccccc4)C(c4ccc(OC)c(OC)c4)C3C(=O)C2)cc1. The van der Waals surface area contributed by atoms with Crippen LogP contribution in [0.2, 0.25) is 0 Å². The Labute approximate surface area is 245 Å². The van der Waals surface area contributed by atoms with E-state index in [1.165, 1.54) is 0 Å². The molecule has 0 radical (unpaired) electrons. The van der Waals surface area contributed by atoms with Crippen molar-refractivity contribution in [2.24, 2.45) is 5.92 Å². The fraction of sp³-hybridized carbons (Fsp3) is 0.200. The van der Waals surface area contributed by atoms with Gasteiger partial charge < -0.3 is 19.5 Å². The van der Waals surface area contributed by atoms with Crippen LogP contribution in [-0.4, -0.2) is 33.0 Å². The molecule has 4 aromatic rings. The van der Waals surface area contributed by atoms with E-state index in [1.54, 1.807) is 38.4 Å². The number of Topliss-reactive ketones (excluding diaryl/α,β-unsaturated/α-hetero) is 1. The summed E-state index contributed by atoms with van der Waals surface area (Å²) in [6.45, 7) is 0. The van der Waals surface area contributed by atoms with Crippen molar-refractivity contribution in [1.29, 1.82) is 0 Å². The summed E-state index contributed by atoms with van der Waals surface area (Å²) in [5.74, 6) is 0.929. The molecule has 0 bridgehead atoms. The maximum atomic E-state index is 14.4. The number of fused-ring (bicyclic) bond motifs is 2. The minimum absolute atomic E-state index is 0.0410. The zero-order valence-electron chi connectivity index (χ0n) is 23.7. The smallest absolute Gasteiger partial charge is 0.258 e. The summed E-state index contributed by atoms with van der Waals surface area (Å²) in [4.78, 5) is 30.5. The minimum atomic E-state index is -0.649. The van der Waals surface area contributed by atoms with Gasteiger partial charge in [0.15, 0.2) is 11.5 Å². The lowest BCUT2D eigenvalue weighted by Gasteiger charge is -2.38. The lowest BCUT2D eigenvalue weighted by Crippen LogP contribution is -2.42. The molecule has 3 unspecified atom stereocenters. The van der Waals surface area contributed by atoms with Crippen molar-refractivity contribution in [1.82, 2.24) is 0 Å². The maximum absolute atomic E-state index is 14.4. The molecule has 42 heavy (non-hydrogen) atoms. The van der Waals surface area contributed by atoms with Crippen molar-refractivity contribution < 1.29 is 23.8 Å². The predicted molar refractivity (Wildman–Crippen MR) is 163 cm³/mol. The monoisotopic (exact) mass is 560 g/mol. The number of para-hydroxylation sites is 2. The third-order valence-corrected chi connectivity index (χ3v) is 8.05. The summed E-state index contributed by atoms with van der Waals surface area (Å²) in [6.07, 6.45) is 2.44. The summed E-state index contributed by atoms with van der Waals surface area (Å²) < 4.78 is 16.5. The molecule has 6 rings (SSSR count). The molecule has 0 aromatic heterocycles. The number of carbonyl (C=O) groups is 2. The van der Waals surface area contributed by atoms with E-state index in [9.17, 15) is 9.59 Å². The molecule has 0 saturated heterocycles. The Morgan fingerprint density at radius 2 is 1.48 bits per heavy atom. The number of nitrogens with one attached hydrogen (secondary N) is 1. The first kappa shape index (κ1) is 27.1. The van der Waals surface area contributed by atoms with Crippen LogP contribution in [0.4, 0.5) is 11.4 Å². The molecule has 1 amide bonds. The normalized spacial score (nSPS) is 19.4. The number of hydrogen-bond acceptors (Lipinski definition) is 6. The van der Waals surface area contributed by atoms with Crippen LogP contribution in [0, 0.1) is 5.92 Å². The average molecular weight is 561 g/mol. The van der Waals surface area contributed by atoms with Gasteiger partial charge in [-0.15, -0.1) is 0 Å². The fourth-order valence-corrected chi connectivity index (χ4v) is 6.00. The number of methoxy groups -OCH3 is 3. The summed E-state index contributed by atoms with van der Waals surface area (Å²) in [5, 5.41) is 3.57. The quantitative estimate of drug-likeness (QED) is 0.280. The van der Waals surface area contributed by atoms with Gasteiger partial charge in [-0.25, -0.2) is 0 Å². The zero-order chi connectivity index (χ0) is 29.2. The number of ketones is 1. The molecule has 3 atom stereocenters. The van der Waals surface area contributed by atoms with E-state index in [0.29, 0.717) is 29.2 Å². The largest absolute Gasteiger partial charge is 0.497 e. The van der Waals surface area contributed by atoms with Gasteiger partial charge in [-0.1, -0.05) is 54.6 Å². The highest BCUT2D eigenvalue weighted by Crippen LogP contribution is 2.49. The van der Waals surface area contributed by atoms with Gasteiger partial charge in [0.05, 0.1) is 44.7 Å². The number of carbonyl (C=O) groups excluding carboxylic acids is 2. The van der Waals surface area contributed by atoms with Crippen molar-refractivity contribution in [3.8, 4) is 17.2 Å². The van der Waals surface area contributed by atoms with E-state index < -0.39 is 12.0 Å². The Hall–Kier alpha value is -5.04. The summed E-state index contributed by atoms with van der Waals surface area (Å²) in [7, 11) is 4.80. The molecule has 4 aromatic carbocycles. The molecule has 0 saturated carbocycles. The van der Waals surface area contributed by atoms with Gasteiger partial charge in [0.1, 0.15) is 11.5 Å². The number of ether oxygens (including phenoxy) is 3. The van der Waals surface area contributed by atoms with Crippen molar-refractivity contribution in [2.45, 2.75) is 18.4 Å². The third kappa shape index (κ3) is 4.87. The standard InChI is InChI=1S/C35H32N2O5/c1-40-26-16-13-22(14-17-26)25-19-28-33(30(38)20-25)34(24-15-18-31(41-2)32(21-24)42-3)37(29-12-8-7-11-27(29)36-28)35(39)23-9-5-4-6-10-23/h4-19,21,25,33-34,36H,20H2,1-3H3. The Morgan fingerprint density at radius 1 is 0.786 bits per heavy atom. The highest BCUT2D eigenvalue weighted by Gasteiger charge is 2.45. The number of benzene rings is 4. The van der Waals surface area contributed by atoms with Crippen LogP contribution in [0.1, 0.15) is 39.9 Å². The molecule has 1 N–H and O–H groups in total. The second-order valence-corrected chi connectivity index (χ2v) is 10.4. The van der Waals surface area contributed by atoms with E-state index in [1.807, 2.05) is 84.9 Å². The van der Waals surface area contributed by atoms with Gasteiger partial charge in [-0.3, -0.25) is 14.5 Å². The van der Waals surface area contributed by atoms with Gasteiger partial charge in [-0.2, -0.15) is 0 Å². The number of rotatable bonds is 6. The predicted octanol–water partition coefficient (Wildman–Crippen LogP) is 6.78. The van der Waals surface area contributed by atoms with Crippen molar-refractivity contribution in [2.75, 3.05) is 31.5 Å². The molecule has 0 spiro atoms. The number of allylic oxidation sites excluding steroid dienone is 1. The highest BCUT2D eigenvalue weighted by atomic mass is 16.5.